The normalized spacial score (nSPS) is 27.9. The van der Waals surface area contributed by atoms with Crippen molar-refractivity contribution in [2.24, 2.45) is 5.92 Å². The Morgan fingerprint density at radius 2 is 2.21 bits per heavy atom. The predicted octanol–water partition coefficient (Wildman–Crippen LogP) is 2.00. The monoisotopic (exact) mass is 293 g/mol. The average molecular weight is 293 g/mol. The van der Waals surface area contributed by atoms with Gasteiger partial charge in [-0.05, 0) is 6.07 Å². The van der Waals surface area contributed by atoms with E-state index >= 15 is 0 Å². The fraction of sp³-hybridized carbons (Fsp3) is 0.308. The number of benzene rings is 1. The molecule has 0 spiro atoms. The first-order valence-electron chi connectivity index (χ1n) is 6.03. The van der Waals surface area contributed by atoms with Crippen molar-refractivity contribution < 1.29 is 9.84 Å². The van der Waals surface area contributed by atoms with Crippen molar-refractivity contribution in [3.05, 3.63) is 44.4 Å². The summed E-state index contributed by atoms with van der Waals surface area (Å²) < 4.78 is 5.58. The first kappa shape index (κ1) is 11.6. The van der Waals surface area contributed by atoms with Gasteiger partial charge in [-0.15, -0.1) is 11.8 Å². The molecule has 2 N–H and O–H groups in total. The number of para-hydroxylation sites is 1. The Hall–Kier alpha value is -1.24. The highest BCUT2D eigenvalue weighted by atomic mass is 32.2. The molecule has 6 heteroatoms. The minimum atomic E-state index is -0.808. The molecule has 0 radical (unpaired) electrons. The van der Waals surface area contributed by atoms with Gasteiger partial charge in [-0.2, -0.15) is 0 Å². The van der Waals surface area contributed by atoms with Crippen LogP contribution < -0.4 is 9.61 Å². The van der Waals surface area contributed by atoms with E-state index in [4.69, 9.17) is 4.74 Å². The Labute approximate surface area is 117 Å². The molecule has 4 rings (SSSR count). The number of nitrogens with one attached hydrogen (secondary N) is 1. The molecular formula is C13H11NO3S2. The van der Waals surface area contributed by atoms with Crippen LogP contribution in [0.2, 0.25) is 0 Å². The van der Waals surface area contributed by atoms with E-state index in [1.54, 1.807) is 11.8 Å². The molecular weight excluding hydrogens is 282 g/mol. The van der Waals surface area contributed by atoms with Crippen LogP contribution in [0.5, 0.6) is 5.75 Å². The van der Waals surface area contributed by atoms with Crippen LogP contribution in [0.3, 0.4) is 0 Å². The number of aromatic amines is 1. The highest BCUT2D eigenvalue weighted by molar-refractivity contribution is 7.99. The molecule has 2 aromatic rings. The fourth-order valence-corrected chi connectivity index (χ4v) is 5.23. The number of aliphatic hydroxyl groups excluding tert-OH is 1. The second-order valence-corrected chi connectivity index (χ2v) is 6.75. The highest BCUT2D eigenvalue weighted by Crippen LogP contribution is 2.51. The third-order valence-electron chi connectivity index (χ3n) is 3.64. The molecule has 3 atom stereocenters. The molecule has 0 unspecified atom stereocenters. The van der Waals surface area contributed by atoms with E-state index in [9.17, 15) is 9.90 Å². The van der Waals surface area contributed by atoms with Crippen LogP contribution >= 0.6 is 23.1 Å². The lowest BCUT2D eigenvalue weighted by Crippen LogP contribution is -2.39. The van der Waals surface area contributed by atoms with E-state index in [-0.39, 0.29) is 16.7 Å². The Morgan fingerprint density at radius 1 is 1.37 bits per heavy atom. The SMILES string of the molecule is O=c1[nH]c2c(s1)[C@@H]1c3ccccc3O[C@H](O)[C@@H]1CS2. The maximum absolute atomic E-state index is 11.6. The number of rotatable bonds is 0. The molecule has 0 fully saturated rings. The van der Waals surface area contributed by atoms with E-state index in [2.05, 4.69) is 4.98 Å². The molecule has 98 valence electrons. The van der Waals surface area contributed by atoms with Crippen molar-refractivity contribution in [1.29, 1.82) is 0 Å². The Kier molecular flexibility index (Phi) is 2.51. The molecule has 1 aromatic heterocycles. The number of aliphatic hydroxyl groups is 1. The van der Waals surface area contributed by atoms with Crippen LogP contribution in [0.4, 0.5) is 0 Å². The molecule has 0 saturated carbocycles. The van der Waals surface area contributed by atoms with Gasteiger partial charge in [0.05, 0.1) is 5.03 Å². The molecule has 2 aliphatic rings. The van der Waals surface area contributed by atoms with Crippen LogP contribution in [0.1, 0.15) is 16.4 Å². The number of aromatic nitrogens is 1. The van der Waals surface area contributed by atoms with Gasteiger partial charge >= 0.3 is 4.87 Å². The van der Waals surface area contributed by atoms with Crippen molar-refractivity contribution in [2.45, 2.75) is 17.2 Å². The van der Waals surface area contributed by atoms with Gasteiger partial charge in [-0.25, -0.2) is 0 Å². The second-order valence-electron chi connectivity index (χ2n) is 4.71. The molecule has 4 nitrogen and oxygen atoms in total. The van der Waals surface area contributed by atoms with E-state index < -0.39 is 6.29 Å². The summed E-state index contributed by atoms with van der Waals surface area (Å²) in [5, 5.41) is 11.1. The predicted molar refractivity (Wildman–Crippen MR) is 74.1 cm³/mol. The van der Waals surface area contributed by atoms with Gasteiger partial charge in [0.2, 0.25) is 6.29 Å². The summed E-state index contributed by atoms with van der Waals surface area (Å²) in [4.78, 5) is 15.5. The standard InChI is InChI=1S/C13H11NO3S2/c15-12-7-5-18-11-10(19-13(16)14-11)9(7)6-3-1-2-4-8(6)17-12/h1-4,7,9,12,15H,5H2,(H,14,16)/t7-,9-,12+/m1/s1. The maximum Gasteiger partial charge on any atom is 0.305 e. The van der Waals surface area contributed by atoms with Gasteiger partial charge in [0.15, 0.2) is 0 Å². The van der Waals surface area contributed by atoms with Crippen molar-refractivity contribution in [3.8, 4) is 5.75 Å². The maximum atomic E-state index is 11.6. The number of H-pyrrole nitrogens is 1. The summed E-state index contributed by atoms with van der Waals surface area (Å²) in [6.07, 6.45) is -0.808. The first-order chi connectivity index (χ1) is 9.24. The Bertz CT molecular complexity index is 693. The minimum Gasteiger partial charge on any atom is -0.464 e. The van der Waals surface area contributed by atoms with Gasteiger partial charge < -0.3 is 14.8 Å². The van der Waals surface area contributed by atoms with Gasteiger partial charge in [-0.1, -0.05) is 29.5 Å². The minimum absolute atomic E-state index is 0.00106. The Balaban J connectivity index is 1.95. The van der Waals surface area contributed by atoms with Crippen molar-refractivity contribution in [2.75, 3.05) is 5.75 Å². The molecule has 19 heavy (non-hydrogen) atoms. The smallest absolute Gasteiger partial charge is 0.305 e. The van der Waals surface area contributed by atoms with Crippen molar-refractivity contribution in [1.82, 2.24) is 4.98 Å². The quantitative estimate of drug-likeness (QED) is 0.780. The zero-order valence-electron chi connectivity index (χ0n) is 9.83. The van der Waals surface area contributed by atoms with Gasteiger partial charge in [0.25, 0.3) is 0 Å². The fourth-order valence-electron chi connectivity index (χ4n) is 2.79. The summed E-state index contributed by atoms with van der Waals surface area (Å²) in [5.74, 6) is 1.52. The largest absolute Gasteiger partial charge is 0.464 e. The molecule has 0 aliphatic carbocycles. The lowest BCUT2D eigenvalue weighted by molar-refractivity contribution is -0.0717. The third-order valence-corrected chi connectivity index (χ3v) is 5.90. The van der Waals surface area contributed by atoms with Crippen LogP contribution in [0.25, 0.3) is 0 Å². The lowest BCUT2D eigenvalue weighted by Gasteiger charge is -2.38. The lowest BCUT2D eigenvalue weighted by atomic mass is 9.83. The number of hydrogen-bond acceptors (Lipinski definition) is 5. The summed E-state index contributed by atoms with van der Waals surface area (Å²) in [7, 11) is 0. The van der Waals surface area contributed by atoms with Crippen LogP contribution in [0, 0.1) is 5.92 Å². The summed E-state index contributed by atoms with van der Waals surface area (Å²) >= 11 is 2.83. The van der Waals surface area contributed by atoms with Gasteiger partial charge in [0.1, 0.15) is 5.75 Å². The Morgan fingerprint density at radius 3 is 3.11 bits per heavy atom. The van der Waals surface area contributed by atoms with E-state index in [0.29, 0.717) is 0 Å². The summed E-state index contributed by atoms with van der Waals surface area (Å²) in [5.41, 5.74) is 1.06. The second kappa shape index (κ2) is 4.13. The highest BCUT2D eigenvalue weighted by Gasteiger charge is 2.43. The van der Waals surface area contributed by atoms with Crippen molar-refractivity contribution in [3.63, 3.8) is 0 Å². The average Bonchev–Trinajstić information content (AvgIpc) is 2.79. The number of hydrogen-bond donors (Lipinski definition) is 2. The summed E-state index contributed by atoms with van der Waals surface area (Å²) in [6, 6.07) is 7.74. The molecule has 2 aliphatic heterocycles. The molecule has 3 heterocycles. The number of thioether (sulfide) groups is 1. The zero-order chi connectivity index (χ0) is 13.0. The number of fused-ring (bicyclic) bond motifs is 5. The molecule has 1 aromatic carbocycles. The number of ether oxygens (including phenoxy) is 1. The molecule has 0 saturated heterocycles. The first-order valence-corrected chi connectivity index (χ1v) is 7.83. The zero-order valence-corrected chi connectivity index (χ0v) is 11.5. The summed E-state index contributed by atoms with van der Waals surface area (Å²) in [6.45, 7) is 0. The van der Waals surface area contributed by atoms with Gasteiger partial charge in [-0.3, -0.25) is 4.79 Å². The van der Waals surface area contributed by atoms with Crippen LogP contribution in [-0.4, -0.2) is 22.1 Å². The molecule has 0 amide bonds. The van der Waals surface area contributed by atoms with E-state index in [1.165, 1.54) is 11.3 Å². The third kappa shape index (κ3) is 1.67. The number of thiazole rings is 1. The topological polar surface area (TPSA) is 62.3 Å². The van der Waals surface area contributed by atoms with Crippen LogP contribution in [0.15, 0.2) is 34.1 Å². The van der Waals surface area contributed by atoms with E-state index in [1.807, 2.05) is 24.3 Å². The van der Waals surface area contributed by atoms with Gasteiger partial charge in [0, 0.05) is 28.0 Å². The molecule has 0 bridgehead atoms. The van der Waals surface area contributed by atoms with Crippen molar-refractivity contribution >= 4 is 23.1 Å². The van der Waals surface area contributed by atoms with Crippen LogP contribution in [-0.2, 0) is 0 Å². The van der Waals surface area contributed by atoms with E-state index in [0.717, 1.165) is 27.0 Å².